The van der Waals surface area contributed by atoms with E-state index in [1.165, 1.54) is 18.2 Å². The lowest BCUT2D eigenvalue weighted by Crippen LogP contribution is -2.61. The Balaban J connectivity index is 0.0000110. The fourth-order valence-electron chi connectivity index (χ4n) is 16.2. The number of fused-ring (bicyclic) bond motifs is 2. The number of cyclic esters (lactones) is 1. The van der Waals surface area contributed by atoms with Gasteiger partial charge in [-0.1, -0.05) is 116 Å². The number of nitro groups is 1. The number of nitrogens with zero attached hydrogens (tertiary/aromatic N) is 2. The molecule has 10 unspecified atom stereocenters. The molecule has 9 rings (SSSR count). The molecule has 2 aromatic carbocycles. The minimum Gasteiger partial charge on any atom is -0.490 e. The van der Waals surface area contributed by atoms with Gasteiger partial charge in [0.15, 0.2) is 10.6 Å². The van der Waals surface area contributed by atoms with Gasteiger partial charge < -0.3 is 33.5 Å². The molecule has 2 aromatic rings. The van der Waals surface area contributed by atoms with Crippen LogP contribution in [0.5, 0.6) is 5.75 Å². The predicted octanol–water partition coefficient (Wildman–Crippen LogP) is 17.0. The largest absolute Gasteiger partial charge is 0.490 e. The van der Waals surface area contributed by atoms with E-state index in [1.807, 2.05) is 6.92 Å². The van der Waals surface area contributed by atoms with E-state index in [4.69, 9.17) is 28.4 Å². The average Bonchev–Trinajstić information content (AvgIpc) is 0.867. The van der Waals surface area contributed by atoms with Gasteiger partial charge in [0.25, 0.3) is 5.69 Å². The Labute approximate surface area is 566 Å². The molecule has 6 bridgehead atoms. The first kappa shape index (κ1) is 88.9. The number of carbonyl (C=O) groups excluding carboxylic acids is 5. The highest BCUT2D eigenvalue weighted by Gasteiger charge is 2.62. The predicted molar refractivity (Wildman–Crippen MR) is 364 cm³/mol. The van der Waals surface area contributed by atoms with Gasteiger partial charge in [0.05, 0.1) is 38.8 Å². The molecule has 1 heterocycles. The Morgan fingerprint density at radius 3 is 1.98 bits per heavy atom. The van der Waals surface area contributed by atoms with Gasteiger partial charge in [-0.2, -0.15) is 21.6 Å². The van der Waals surface area contributed by atoms with E-state index >= 15 is 9.59 Å². The average molecular weight is 1370 g/mol. The van der Waals surface area contributed by atoms with Crippen molar-refractivity contribution in [2.75, 3.05) is 19.8 Å². The van der Waals surface area contributed by atoms with Gasteiger partial charge in [0.2, 0.25) is 6.10 Å². The molecule has 544 valence electrons. The second kappa shape index (κ2) is 33.9. The van der Waals surface area contributed by atoms with Crippen molar-refractivity contribution in [3.8, 4) is 5.75 Å². The van der Waals surface area contributed by atoms with E-state index in [0.29, 0.717) is 38.0 Å². The lowest BCUT2D eigenvalue weighted by atomic mass is 9.52. The molecule has 1 aliphatic heterocycles. The van der Waals surface area contributed by atoms with Crippen molar-refractivity contribution in [1.82, 2.24) is 0 Å². The fourth-order valence-corrected chi connectivity index (χ4v) is 17.1. The molecule has 19 nitrogen and oxygen atoms in total. The highest BCUT2D eigenvalue weighted by molar-refractivity contribution is 7.86. The number of para-hydroxylation sites is 1. The van der Waals surface area contributed by atoms with Crippen LogP contribution in [0.2, 0.25) is 0 Å². The Hall–Kier alpha value is -6.10. The van der Waals surface area contributed by atoms with Crippen LogP contribution in [-0.4, -0.2) is 103 Å². The maximum absolute atomic E-state index is 15.6. The number of oxime groups is 1. The molecule has 95 heavy (non-hydrogen) atoms. The highest BCUT2D eigenvalue weighted by Crippen LogP contribution is 2.61. The Kier molecular flexibility index (Phi) is 31.7. The molecule has 7 fully saturated rings. The monoisotopic (exact) mass is 1370 g/mol. The molecule has 1 N–H and O–H groups in total. The summed E-state index contributed by atoms with van der Waals surface area (Å²) in [5, 5.41) is 26.3. The van der Waals surface area contributed by atoms with E-state index in [2.05, 4.69) is 22.9 Å². The van der Waals surface area contributed by atoms with Gasteiger partial charge in [0.1, 0.15) is 30.2 Å². The van der Waals surface area contributed by atoms with Crippen LogP contribution in [-0.2, 0) is 68.5 Å². The van der Waals surface area contributed by atoms with Crippen LogP contribution >= 0.6 is 0 Å². The summed E-state index contributed by atoms with van der Waals surface area (Å²) in [6.45, 7) is 17.2. The van der Waals surface area contributed by atoms with Crippen molar-refractivity contribution in [1.29, 1.82) is 0 Å². The fraction of sp³-hybridized carbons (Fsp3) is 0.722. The summed E-state index contributed by atoms with van der Waals surface area (Å²) < 4.78 is 111. The third-order valence-electron chi connectivity index (χ3n) is 19.8. The minimum absolute atomic E-state index is 0. The van der Waals surface area contributed by atoms with Crippen molar-refractivity contribution >= 4 is 51.4 Å². The molecule has 6 saturated carbocycles. The maximum Gasteiger partial charge on any atom is 0.437 e. The number of esters is 5. The number of aryl methyl sites for hydroxylation is 1. The van der Waals surface area contributed by atoms with Gasteiger partial charge in [-0.15, -0.1) is 6.58 Å². The smallest absolute Gasteiger partial charge is 0.437 e. The van der Waals surface area contributed by atoms with E-state index in [1.54, 1.807) is 41.5 Å². The summed E-state index contributed by atoms with van der Waals surface area (Å²) in [5.41, 5.74) is -12.3. The standard InChI is InChI=1S/C64H85F3N2O17S.8CH4/c1-10-13-18-44-31-45(51(64(65,66)67)68-86-87(78,79)50-21-15-14-20-47(50)69(76)77)22-23-48(44)80-26-27-82-54(72)58(7,11-2)37-60(9,56(74)84-62-34-42-29-43(35-62)33-61(75,32-42)39-62)38-59(8,55(73)83-49-24-25-81-52(49)70)36-57(5,6)53(71)85-63(12-3)40(4)28-41-17-16-19-46(63)30-41;;;;;;;;/h10,14-15,20-23,31,40-43,46,49,75H,1,11-13,16-19,24-30,32-39H2,2-9H3;8*1H4/b68-51+;;;;;;;;. The number of rotatable bonds is 27. The molecular weight excluding hydrogens is 1250 g/mol. The van der Waals surface area contributed by atoms with E-state index < -0.39 is 124 Å². The van der Waals surface area contributed by atoms with Gasteiger partial charge >= 0.3 is 46.1 Å². The number of ether oxygens (including phenoxy) is 6. The molecule has 0 amide bonds. The molecule has 6 aliphatic carbocycles. The lowest BCUT2D eigenvalue weighted by Gasteiger charge is -2.59. The second-order valence-electron chi connectivity index (χ2n) is 27.4. The molecule has 0 aromatic heterocycles. The molecule has 0 spiro atoms. The van der Waals surface area contributed by atoms with Crippen molar-refractivity contribution in [3.05, 3.63) is 76.4 Å². The van der Waals surface area contributed by atoms with Crippen molar-refractivity contribution in [2.45, 2.75) is 271 Å². The van der Waals surface area contributed by atoms with Crippen LogP contribution in [0.15, 0.2) is 65.2 Å². The van der Waals surface area contributed by atoms with E-state index in [0.717, 1.165) is 68.9 Å². The van der Waals surface area contributed by atoms with Crippen LogP contribution in [0.25, 0.3) is 0 Å². The summed E-state index contributed by atoms with van der Waals surface area (Å²) in [4.78, 5) is 82.8. The summed E-state index contributed by atoms with van der Waals surface area (Å²) in [7, 11) is -5.22. The van der Waals surface area contributed by atoms with Gasteiger partial charge in [-0.3, -0.25) is 33.6 Å². The van der Waals surface area contributed by atoms with Gasteiger partial charge in [0, 0.05) is 24.5 Å². The molecule has 0 radical (unpaired) electrons. The summed E-state index contributed by atoms with van der Waals surface area (Å²) in [6, 6.07) is 7.13. The van der Waals surface area contributed by atoms with Crippen LogP contribution in [0, 0.1) is 61.4 Å². The number of alkyl halides is 3. The van der Waals surface area contributed by atoms with E-state index in [9.17, 15) is 51.2 Å². The maximum atomic E-state index is 15.6. The molecule has 7 aliphatic rings. The summed E-state index contributed by atoms with van der Waals surface area (Å²) in [5.74, 6) is -2.49. The molecule has 23 heteroatoms. The molecular formula is C72H117F3N2O17S. The van der Waals surface area contributed by atoms with Crippen LogP contribution in [0.4, 0.5) is 18.9 Å². The quantitative estimate of drug-likeness (QED) is 0.0166. The number of halogens is 3. The van der Waals surface area contributed by atoms with Gasteiger partial charge in [-0.25, -0.2) is 4.79 Å². The normalized spacial score (nSPS) is 26.6. The number of benzene rings is 2. The zero-order valence-corrected chi connectivity index (χ0v) is 52.1. The highest BCUT2D eigenvalue weighted by atomic mass is 32.2. The lowest BCUT2D eigenvalue weighted by molar-refractivity contribution is -0.387. The Morgan fingerprint density at radius 2 is 1.41 bits per heavy atom. The number of carbonyl (C=O) groups is 5. The first-order valence-corrected chi connectivity index (χ1v) is 32.0. The number of hydrogen-bond donors (Lipinski definition) is 1. The third-order valence-corrected chi connectivity index (χ3v) is 21.0. The molecule has 10 atom stereocenters. The number of allylic oxidation sites excluding steroid dienone is 1. The van der Waals surface area contributed by atoms with Crippen molar-refractivity contribution < 1.29 is 88.3 Å². The van der Waals surface area contributed by atoms with Crippen LogP contribution in [0.3, 0.4) is 0 Å². The third kappa shape index (κ3) is 19.4. The first-order chi connectivity index (χ1) is 40.7. The zero-order chi connectivity index (χ0) is 63.8. The SMILES string of the molecule is C.C.C.C.C.C.C.C.C=CCCc1cc(/C(=N\OS(=O)(=O)c2ccccc2[N+](=O)[O-])C(F)(F)F)ccc1OCCOC(=O)C(C)(CC)CC(C)(CC(C)(CC(C)(C)C(=O)OC1(CC)C(C)CC2CCCC1C2)C(=O)OC1CCOC1=O)C(=O)OC12CC3CC(CC(O)(C3)C1)C2. The number of hydrogen-bond acceptors (Lipinski definition) is 18. The summed E-state index contributed by atoms with van der Waals surface area (Å²) in [6.07, 6.45) is 3.64. The second-order valence-corrected chi connectivity index (χ2v) is 28.9. The van der Waals surface area contributed by atoms with Crippen LogP contribution < -0.4 is 4.74 Å². The summed E-state index contributed by atoms with van der Waals surface area (Å²) >= 11 is 0. The number of aliphatic hydroxyl groups is 1. The minimum atomic E-state index is -5.29. The molecule has 1 saturated heterocycles. The van der Waals surface area contributed by atoms with Crippen molar-refractivity contribution in [3.63, 3.8) is 0 Å². The number of nitro benzene ring substituents is 1. The van der Waals surface area contributed by atoms with Crippen molar-refractivity contribution in [2.24, 2.45) is 56.4 Å². The van der Waals surface area contributed by atoms with Gasteiger partial charge in [-0.05, 0) is 190 Å². The topological polar surface area (TPSA) is 260 Å². The van der Waals surface area contributed by atoms with Crippen LogP contribution in [0.1, 0.15) is 242 Å². The first-order valence-electron chi connectivity index (χ1n) is 30.6. The Bertz CT molecular complexity index is 3100. The zero-order valence-electron chi connectivity index (χ0n) is 51.3. The van der Waals surface area contributed by atoms with E-state index in [-0.39, 0.29) is 159 Å². The Morgan fingerprint density at radius 1 is 0.789 bits per heavy atom.